The maximum Gasteiger partial charge on any atom is 0.311 e. The fourth-order valence-corrected chi connectivity index (χ4v) is 3.23. The molecule has 160 valence electrons. The molecule has 2 aromatic heterocycles. The Morgan fingerprint density at radius 2 is 1.87 bits per heavy atom. The van der Waals surface area contributed by atoms with E-state index in [0.29, 0.717) is 11.4 Å². The van der Waals surface area contributed by atoms with Crippen LogP contribution in [0.5, 0.6) is 0 Å². The predicted molar refractivity (Wildman–Crippen MR) is 114 cm³/mol. The number of rotatable bonds is 8. The summed E-state index contributed by atoms with van der Waals surface area (Å²) in [6.45, 7) is 1.58. The van der Waals surface area contributed by atoms with Crippen molar-refractivity contribution in [3.05, 3.63) is 69.6 Å². The quantitative estimate of drug-likeness (QED) is 0.508. The first-order valence-electron chi connectivity index (χ1n) is 9.29. The van der Waals surface area contributed by atoms with Gasteiger partial charge in [0.05, 0.1) is 18.7 Å². The summed E-state index contributed by atoms with van der Waals surface area (Å²) < 4.78 is 5.75. The molecule has 0 saturated carbocycles. The summed E-state index contributed by atoms with van der Waals surface area (Å²) >= 11 is 1.14. The van der Waals surface area contributed by atoms with E-state index >= 15 is 0 Å². The number of hydrogen-bond donors (Lipinski definition) is 2. The minimum Gasteiger partial charge on any atom is -0.466 e. The summed E-state index contributed by atoms with van der Waals surface area (Å²) in [5, 5.41) is 11.1. The smallest absolute Gasteiger partial charge is 0.311 e. The average Bonchev–Trinajstić information content (AvgIpc) is 3.16. The van der Waals surface area contributed by atoms with Gasteiger partial charge in [0, 0.05) is 17.1 Å². The molecule has 2 N–H and O–H groups in total. The summed E-state index contributed by atoms with van der Waals surface area (Å²) in [7, 11) is 0. The Morgan fingerprint density at radius 3 is 2.61 bits per heavy atom. The van der Waals surface area contributed by atoms with Gasteiger partial charge in [-0.05, 0) is 25.1 Å². The number of aromatic nitrogens is 3. The lowest BCUT2D eigenvalue weighted by atomic mass is 10.3. The highest BCUT2D eigenvalue weighted by molar-refractivity contribution is 7.13. The van der Waals surface area contributed by atoms with Gasteiger partial charge in [-0.1, -0.05) is 18.2 Å². The number of nitrogens with one attached hydrogen (secondary N) is 2. The van der Waals surface area contributed by atoms with Gasteiger partial charge in [-0.15, -0.1) is 11.3 Å². The summed E-state index contributed by atoms with van der Waals surface area (Å²) in [5.74, 6) is -1.47. The Hall–Kier alpha value is -3.86. The average molecular weight is 441 g/mol. The lowest BCUT2D eigenvalue weighted by molar-refractivity contribution is -0.142. The molecule has 2 amide bonds. The minimum absolute atomic E-state index is 0.000203. The number of thiazole rings is 1. The van der Waals surface area contributed by atoms with E-state index in [1.807, 2.05) is 6.07 Å². The maximum atomic E-state index is 12.4. The summed E-state index contributed by atoms with van der Waals surface area (Å²) in [6.07, 6.45) is -0.000203. The topological polar surface area (TPSA) is 132 Å². The lowest BCUT2D eigenvalue weighted by Gasteiger charge is -2.08. The van der Waals surface area contributed by atoms with Gasteiger partial charge >= 0.3 is 5.97 Å². The number of ether oxygens (including phenoxy) is 1. The highest BCUT2D eigenvalue weighted by Crippen LogP contribution is 2.16. The third kappa shape index (κ3) is 6.31. The van der Waals surface area contributed by atoms with Crippen molar-refractivity contribution in [1.82, 2.24) is 14.8 Å². The van der Waals surface area contributed by atoms with Crippen LogP contribution in [0.2, 0.25) is 0 Å². The Balaban J connectivity index is 1.63. The first kappa shape index (κ1) is 21.8. The third-order valence-electron chi connectivity index (χ3n) is 3.85. The lowest BCUT2D eigenvalue weighted by Crippen LogP contribution is -2.31. The van der Waals surface area contributed by atoms with Crippen LogP contribution >= 0.6 is 11.3 Å². The van der Waals surface area contributed by atoms with Crippen LogP contribution in [-0.2, 0) is 27.3 Å². The standard InChI is InChI=1S/C20H19N5O5S/c1-2-30-18(28)10-14-12-31-20(22-14)23-16(26)11-25-17(27)9-8-15(24-25)19(29)21-13-6-4-3-5-7-13/h3-9,12H,2,10-11H2,1H3,(H,21,29)(H,22,23,26). The molecule has 0 radical (unpaired) electrons. The molecule has 10 nitrogen and oxygen atoms in total. The molecule has 3 rings (SSSR count). The Bertz CT molecular complexity index is 1140. The van der Waals surface area contributed by atoms with E-state index in [1.54, 1.807) is 36.6 Å². The van der Waals surface area contributed by atoms with E-state index in [1.165, 1.54) is 12.1 Å². The van der Waals surface area contributed by atoms with Crippen molar-refractivity contribution in [1.29, 1.82) is 0 Å². The molecule has 0 aliphatic rings. The van der Waals surface area contributed by atoms with Crippen molar-refractivity contribution in [2.75, 3.05) is 17.2 Å². The van der Waals surface area contributed by atoms with Gasteiger partial charge in [0.25, 0.3) is 11.5 Å². The summed E-state index contributed by atoms with van der Waals surface area (Å²) in [4.78, 5) is 52.4. The number of hydrogen-bond acceptors (Lipinski definition) is 8. The normalized spacial score (nSPS) is 10.4. The molecule has 31 heavy (non-hydrogen) atoms. The van der Waals surface area contributed by atoms with E-state index in [-0.39, 0.29) is 23.9 Å². The van der Waals surface area contributed by atoms with E-state index in [0.717, 1.165) is 16.0 Å². The number of nitrogens with zero attached hydrogens (tertiary/aromatic N) is 3. The number of esters is 1. The van der Waals surface area contributed by atoms with E-state index in [4.69, 9.17) is 4.74 Å². The van der Waals surface area contributed by atoms with Gasteiger partial charge < -0.3 is 15.4 Å². The number of carbonyl (C=O) groups excluding carboxylic acids is 3. The monoisotopic (exact) mass is 441 g/mol. The molecule has 0 bridgehead atoms. The number of anilines is 2. The van der Waals surface area contributed by atoms with Gasteiger partial charge in [0.1, 0.15) is 12.2 Å². The van der Waals surface area contributed by atoms with Crippen molar-refractivity contribution in [3.63, 3.8) is 0 Å². The Morgan fingerprint density at radius 1 is 1.10 bits per heavy atom. The summed E-state index contributed by atoms with van der Waals surface area (Å²) in [5.41, 5.74) is 0.497. The number of benzene rings is 1. The van der Waals surface area contributed by atoms with Crippen LogP contribution < -0.4 is 16.2 Å². The molecule has 3 aromatic rings. The van der Waals surface area contributed by atoms with E-state index in [2.05, 4.69) is 20.7 Å². The zero-order chi connectivity index (χ0) is 22.2. The largest absolute Gasteiger partial charge is 0.466 e. The van der Waals surface area contributed by atoms with Crippen molar-refractivity contribution >= 4 is 39.9 Å². The van der Waals surface area contributed by atoms with E-state index in [9.17, 15) is 19.2 Å². The van der Waals surface area contributed by atoms with Crippen molar-refractivity contribution < 1.29 is 19.1 Å². The highest BCUT2D eigenvalue weighted by atomic mass is 32.1. The highest BCUT2D eigenvalue weighted by Gasteiger charge is 2.14. The van der Waals surface area contributed by atoms with Crippen LogP contribution in [0.25, 0.3) is 0 Å². The third-order valence-corrected chi connectivity index (χ3v) is 4.66. The van der Waals surface area contributed by atoms with Crippen molar-refractivity contribution in [3.8, 4) is 0 Å². The van der Waals surface area contributed by atoms with Crippen molar-refractivity contribution in [2.24, 2.45) is 0 Å². The SMILES string of the molecule is CCOC(=O)Cc1csc(NC(=O)Cn2nc(C(=O)Nc3ccccc3)ccc2=O)n1. The van der Waals surface area contributed by atoms with Crippen molar-refractivity contribution in [2.45, 2.75) is 19.9 Å². The van der Waals surface area contributed by atoms with Crippen LogP contribution in [0, 0.1) is 0 Å². The van der Waals surface area contributed by atoms with Gasteiger partial charge in [0.15, 0.2) is 5.13 Å². The molecule has 0 spiro atoms. The maximum absolute atomic E-state index is 12.4. The zero-order valence-electron chi connectivity index (χ0n) is 16.5. The molecule has 2 heterocycles. The summed E-state index contributed by atoms with van der Waals surface area (Å²) in [6, 6.07) is 11.2. The molecule has 0 saturated heterocycles. The number of carbonyl (C=O) groups is 3. The molecule has 0 aliphatic carbocycles. The van der Waals surface area contributed by atoms with Gasteiger partial charge in [-0.2, -0.15) is 5.10 Å². The number of amides is 2. The van der Waals surface area contributed by atoms with Gasteiger partial charge in [0.2, 0.25) is 5.91 Å². The first-order chi connectivity index (χ1) is 14.9. The molecule has 0 aliphatic heterocycles. The Kier molecular flexibility index (Phi) is 7.22. The molecular formula is C20H19N5O5S. The van der Waals surface area contributed by atoms with Crippen LogP contribution in [0.15, 0.2) is 52.6 Å². The minimum atomic E-state index is -0.549. The molecule has 1 aromatic carbocycles. The fourth-order valence-electron chi connectivity index (χ4n) is 2.50. The second-order valence-corrected chi connectivity index (χ2v) is 7.07. The van der Waals surface area contributed by atoms with E-state index < -0.39 is 29.9 Å². The van der Waals surface area contributed by atoms with Gasteiger partial charge in [-0.3, -0.25) is 19.2 Å². The zero-order valence-corrected chi connectivity index (χ0v) is 17.3. The van der Waals surface area contributed by atoms with Crippen LogP contribution in [0.3, 0.4) is 0 Å². The molecule has 11 heteroatoms. The molecule has 0 atom stereocenters. The first-order valence-corrected chi connectivity index (χ1v) is 10.2. The molecule has 0 unspecified atom stereocenters. The Labute approximate surface area is 180 Å². The fraction of sp³-hybridized carbons (Fsp3) is 0.200. The predicted octanol–water partition coefficient (Wildman–Crippen LogP) is 1.70. The van der Waals surface area contributed by atoms with Gasteiger partial charge in [-0.25, -0.2) is 9.67 Å². The molecular weight excluding hydrogens is 422 g/mol. The second kappa shape index (κ2) is 10.3. The van der Waals surface area contributed by atoms with Crippen LogP contribution in [-0.4, -0.2) is 39.2 Å². The van der Waals surface area contributed by atoms with Crippen LogP contribution in [0.4, 0.5) is 10.8 Å². The van der Waals surface area contributed by atoms with Crippen LogP contribution in [0.1, 0.15) is 23.1 Å². The second-order valence-electron chi connectivity index (χ2n) is 6.21. The number of para-hydroxylation sites is 1. The molecule has 0 fully saturated rings.